The topological polar surface area (TPSA) is 55.8 Å². The summed E-state index contributed by atoms with van der Waals surface area (Å²) in [4.78, 5) is 14.2. The summed E-state index contributed by atoms with van der Waals surface area (Å²) in [6.45, 7) is 2.49. The molecule has 0 amide bonds. The minimum atomic E-state index is -0.410. The molecule has 5 heteroatoms. The summed E-state index contributed by atoms with van der Waals surface area (Å²) in [7, 11) is 0. The second-order valence-corrected chi connectivity index (χ2v) is 6.56. The predicted octanol–water partition coefficient (Wildman–Crippen LogP) is 5.16. The number of hydrogen-bond acceptors (Lipinski definition) is 5. The van der Waals surface area contributed by atoms with Crippen LogP contribution in [0.2, 0.25) is 0 Å². The molecule has 0 bridgehead atoms. The Morgan fingerprint density at radius 2 is 1.38 bits per heavy atom. The fraction of sp³-hybridized carbons (Fsp3) is 0.0952. The third kappa shape index (κ3) is 4.80. The maximum atomic E-state index is 12.2. The van der Waals surface area contributed by atoms with Crippen molar-refractivity contribution in [1.29, 1.82) is 0 Å². The summed E-state index contributed by atoms with van der Waals surface area (Å²) in [5, 5.41) is 9.31. The number of carbonyl (C=O) groups is 1. The largest absolute Gasteiger partial charge is 0.508 e. The molecular formula is C21H18O4S. The quantitative estimate of drug-likeness (QED) is 0.482. The number of hydrogen-bond donors (Lipinski definition) is 1. The standard InChI is InChI=1S/C21H18O4S/c1-2-24-17-7-3-15(4-8-17)21(23)25-18-9-13-20(14-10-18)26-19-11-5-16(22)6-12-19/h3-14,22H,2H2,1H3. The van der Waals surface area contributed by atoms with Crippen LogP contribution in [0.25, 0.3) is 0 Å². The molecule has 0 fully saturated rings. The summed E-state index contributed by atoms with van der Waals surface area (Å²) in [6, 6.07) is 21.1. The highest BCUT2D eigenvalue weighted by Gasteiger charge is 2.09. The Hall–Kier alpha value is -2.92. The van der Waals surface area contributed by atoms with E-state index in [0.29, 0.717) is 17.9 Å². The number of ether oxygens (including phenoxy) is 2. The van der Waals surface area contributed by atoms with Crippen molar-refractivity contribution in [2.75, 3.05) is 6.61 Å². The molecule has 26 heavy (non-hydrogen) atoms. The second-order valence-electron chi connectivity index (χ2n) is 5.41. The lowest BCUT2D eigenvalue weighted by Gasteiger charge is -2.07. The average Bonchev–Trinajstić information content (AvgIpc) is 2.66. The van der Waals surface area contributed by atoms with Crippen molar-refractivity contribution in [3.8, 4) is 17.2 Å². The van der Waals surface area contributed by atoms with E-state index >= 15 is 0 Å². The van der Waals surface area contributed by atoms with Crippen LogP contribution in [-0.2, 0) is 0 Å². The zero-order valence-corrected chi connectivity index (χ0v) is 15.0. The van der Waals surface area contributed by atoms with Gasteiger partial charge in [0.1, 0.15) is 17.2 Å². The third-order valence-corrected chi connectivity index (χ3v) is 4.52. The van der Waals surface area contributed by atoms with Gasteiger partial charge >= 0.3 is 5.97 Å². The summed E-state index contributed by atoms with van der Waals surface area (Å²) in [5.74, 6) is 1.04. The highest BCUT2D eigenvalue weighted by molar-refractivity contribution is 7.99. The van der Waals surface area contributed by atoms with E-state index in [-0.39, 0.29) is 5.75 Å². The highest BCUT2D eigenvalue weighted by atomic mass is 32.2. The second kappa shape index (κ2) is 8.45. The van der Waals surface area contributed by atoms with Gasteiger partial charge in [0, 0.05) is 9.79 Å². The Balaban J connectivity index is 1.61. The van der Waals surface area contributed by atoms with E-state index in [1.807, 2.05) is 31.2 Å². The van der Waals surface area contributed by atoms with Gasteiger partial charge in [-0.05, 0) is 79.7 Å². The lowest BCUT2D eigenvalue weighted by atomic mass is 10.2. The van der Waals surface area contributed by atoms with E-state index in [9.17, 15) is 9.90 Å². The van der Waals surface area contributed by atoms with Crippen LogP contribution in [0.1, 0.15) is 17.3 Å². The van der Waals surface area contributed by atoms with E-state index in [1.165, 1.54) is 0 Å². The third-order valence-electron chi connectivity index (χ3n) is 3.51. The number of esters is 1. The normalized spacial score (nSPS) is 10.3. The summed E-state index contributed by atoms with van der Waals surface area (Å²) in [6.07, 6.45) is 0. The lowest BCUT2D eigenvalue weighted by Crippen LogP contribution is -2.08. The Labute approximate surface area is 156 Å². The molecule has 0 spiro atoms. The van der Waals surface area contributed by atoms with Crippen LogP contribution in [0.4, 0.5) is 0 Å². The van der Waals surface area contributed by atoms with Crippen LogP contribution in [0.3, 0.4) is 0 Å². The highest BCUT2D eigenvalue weighted by Crippen LogP contribution is 2.30. The van der Waals surface area contributed by atoms with Crippen molar-refractivity contribution in [2.24, 2.45) is 0 Å². The van der Waals surface area contributed by atoms with E-state index in [1.54, 1.807) is 60.3 Å². The molecule has 0 aliphatic carbocycles. The molecule has 0 heterocycles. The number of benzene rings is 3. The van der Waals surface area contributed by atoms with Crippen molar-refractivity contribution < 1.29 is 19.4 Å². The van der Waals surface area contributed by atoms with E-state index in [0.717, 1.165) is 15.5 Å². The van der Waals surface area contributed by atoms with E-state index in [4.69, 9.17) is 9.47 Å². The van der Waals surface area contributed by atoms with Crippen molar-refractivity contribution in [3.63, 3.8) is 0 Å². The summed E-state index contributed by atoms with van der Waals surface area (Å²) in [5.41, 5.74) is 0.469. The van der Waals surface area contributed by atoms with Gasteiger partial charge < -0.3 is 14.6 Å². The first-order valence-electron chi connectivity index (χ1n) is 8.16. The molecule has 0 saturated heterocycles. The molecule has 0 aliphatic heterocycles. The molecule has 132 valence electrons. The van der Waals surface area contributed by atoms with Crippen molar-refractivity contribution in [3.05, 3.63) is 78.4 Å². The minimum Gasteiger partial charge on any atom is -0.508 e. The van der Waals surface area contributed by atoms with Gasteiger partial charge in [-0.25, -0.2) is 4.79 Å². The number of phenolic OH excluding ortho intramolecular Hbond substituents is 1. The molecule has 3 rings (SSSR count). The predicted molar refractivity (Wildman–Crippen MR) is 101 cm³/mol. The smallest absolute Gasteiger partial charge is 0.343 e. The monoisotopic (exact) mass is 366 g/mol. The van der Waals surface area contributed by atoms with Gasteiger partial charge in [0.2, 0.25) is 0 Å². The first kappa shape index (κ1) is 17.9. The van der Waals surface area contributed by atoms with E-state index in [2.05, 4.69) is 0 Å². The van der Waals surface area contributed by atoms with Crippen LogP contribution in [0.5, 0.6) is 17.2 Å². The van der Waals surface area contributed by atoms with Gasteiger partial charge in [-0.15, -0.1) is 0 Å². The van der Waals surface area contributed by atoms with Gasteiger partial charge in [-0.3, -0.25) is 0 Å². The maximum absolute atomic E-state index is 12.2. The molecule has 4 nitrogen and oxygen atoms in total. The molecule has 3 aromatic rings. The molecule has 0 aromatic heterocycles. The van der Waals surface area contributed by atoms with Crippen LogP contribution >= 0.6 is 11.8 Å². The Kier molecular flexibility index (Phi) is 5.81. The molecule has 0 unspecified atom stereocenters. The lowest BCUT2D eigenvalue weighted by molar-refractivity contribution is 0.0734. The maximum Gasteiger partial charge on any atom is 0.343 e. The fourth-order valence-electron chi connectivity index (χ4n) is 2.25. The molecule has 0 saturated carbocycles. The van der Waals surface area contributed by atoms with E-state index < -0.39 is 5.97 Å². The molecule has 1 N–H and O–H groups in total. The van der Waals surface area contributed by atoms with Crippen molar-refractivity contribution in [1.82, 2.24) is 0 Å². The number of carbonyl (C=O) groups excluding carboxylic acids is 1. The molecule has 0 radical (unpaired) electrons. The molecule has 3 aromatic carbocycles. The van der Waals surface area contributed by atoms with Gasteiger partial charge in [-0.2, -0.15) is 0 Å². The zero-order valence-electron chi connectivity index (χ0n) is 14.2. The Bertz CT molecular complexity index is 856. The van der Waals surface area contributed by atoms with Crippen LogP contribution in [0.15, 0.2) is 82.6 Å². The number of rotatable bonds is 6. The minimum absolute atomic E-state index is 0.242. The molecule has 0 atom stereocenters. The first-order valence-corrected chi connectivity index (χ1v) is 8.97. The number of aromatic hydroxyl groups is 1. The Morgan fingerprint density at radius 1 is 0.846 bits per heavy atom. The van der Waals surface area contributed by atoms with Crippen molar-refractivity contribution >= 4 is 17.7 Å². The Morgan fingerprint density at radius 3 is 1.96 bits per heavy atom. The van der Waals surface area contributed by atoms with Crippen LogP contribution < -0.4 is 9.47 Å². The number of phenols is 1. The summed E-state index contributed by atoms with van der Waals surface area (Å²) < 4.78 is 10.8. The summed E-state index contributed by atoms with van der Waals surface area (Å²) >= 11 is 1.56. The van der Waals surface area contributed by atoms with Gasteiger partial charge in [0.15, 0.2) is 0 Å². The zero-order chi connectivity index (χ0) is 18.4. The molecule has 0 aliphatic rings. The average molecular weight is 366 g/mol. The molecular weight excluding hydrogens is 348 g/mol. The fourth-order valence-corrected chi connectivity index (χ4v) is 3.06. The first-order chi connectivity index (χ1) is 12.6. The van der Waals surface area contributed by atoms with Crippen molar-refractivity contribution in [2.45, 2.75) is 16.7 Å². The van der Waals surface area contributed by atoms with Crippen LogP contribution in [-0.4, -0.2) is 17.7 Å². The van der Waals surface area contributed by atoms with Gasteiger partial charge in [0.05, 0.1) is 12.2 Å². The van der Waals surface area contributed by atoms with Gasteiger partial charge in [0.25, 0.3) is 0 Å². The SMILES string of the molecule is CCOc1ccc(C(=O)Oc2ccc(Sc3ccc(O)cc3)cc2)cc1. The van der Waals surface area contributed by atoms with Gasteiger partial charge in [-0.1, -0.05) is 11.8 Å². The van der Waals surface area contributed by atoms with Crippen LogP contribution in [0, 0.1) is 0 Å².